The first kappa shape index (κ1) is 41.9. The minimum atomic E-state index is -1.60. The van der Waals surface area contributed by atoms with E-state index < -0.39 is 29.7 Å². The molecule has 1 aliphatic rings. The Morgan fingerprint density at radius 3 is 2.45 bits per heavy atom. The molecule has 0 radical (unpaired) electrons. The van der Waals surface area contributed by atoms with Crippen molar-refractivity contribution in [3.05, 3.63) is 105 Å². The lowest BCUT2D eigenvalue weighted by Crippen LogP contribution is -2.52. The number of pyridine rings is 1. The molecule has 2 atom stereocenters. The van der Waals surface area contributed by atoms with Crippen LogP contribution >= 0.6 is 11.6 Å². The Bertz CT molecular complexity index is 2090. The number of halogens is 1. The van der Waals surface area contributed by atoms with Crippen molar-refractivity contribution < 1.29 is 43.9 Å². The summed E-state index contributed by atoms with van der Waals surface area (Å²) in [5.74, 6) is -0.336. The van der Waals surface area contributed by atoms with E-state index >= 15 is 0 Å². The predicted molar refractivity (Wildman–Crippen MR) is 209 cm³/mol. The number of ether oxygens (including phenoxy) is 4. The number of hydrogen-bond acceptors (Lipinski definition) is 12. The molecule has 14 heteroatoms. The van der Waals surface area contributed by atoms with Gasteiger partial charge in [-0.15, -0.1) is 0 Å². The van der Waals surface area contributed by atoms with E-state index in [1.807, 2.05) is 49.1 Å². The number of rotatable bonds is 18. The van der Waals surface area contributed by atoms with Crippen molar-refractivity contribution in [1.29, 1.82) is 5.26 Å². The molecular weight excluding hydrogens is 740 g/mol. The number of esters is 1. The summed E-state index contributed by atoms with van der Waals surface area (Å²) in [6, 6.07) is 18.9. The van der Waals surface area contributed by atoms with Crippen LogP contribution in [0.4, 0.5) is 0 Å². The first-order valence-corrected chi connectivity index (χ1v) is 18.5. The minimum Gasteiger partial charge on any atom is -0.493 e. The highest BCUT2D eigenvalue weighted by atomic mass is 35.5. The van der Waals surface area contributed by atoms with Crippen molar-refractivity contribution in [3.8, 4) is 34.4 Å². The molecule has 1 aromatic heterocycles. The molecule has 0 spiro atoms. The molecule has 56 heavy (non-hydrogen) atoms. The van der Waals surface area contributed by atoms with Crippen LogP contribution in [0, 0.1) is 25.2 Å². The number of aliphatic carboxylic acids is 1. The lowest BCUT2D eigenvalue weighted by atomic mass is 9.93. The number of nitrogens with one attached hydrogen (secondary N) is 1. The first-order chi connectivity index (χ1) is 26.8. The smallest absolute Gasteiger partial charge is 0.339 e. The maximum absolute atomic E-state index is 11.9. The first-order valence-electron chi connectivity index (χ1n) is 18.2. The zero-order valence-electron chi connectivity index (χ0n) is 31.9. The molecule has 5 rings (SSSR count). The number of nitrogens with zero attached hydrogens (tertiary/aromatic N) is 3. The summed E-state index contributed by atoms with van der Waals surface area (Å²) in [4.78, 5) is 29.9. The average Bonchev–Trinajstić information content (AvgIpc) is 3.59. The van der Waals surface area contributed by atoms with Gasteiger partial charge in [-0.2, -0.15) is 5.26 Å². The van der Waals surface area contributed by atoms with Crippen molar-refractivity contribution >= 4 is 23.5 Å². The third-order valence-electron chi connectivity index (χ3n) is 10.1. The molecule has 3 aromatic carbocycles. The number of likely N-dealkylation sites (tertiary alicyclic amines) is 1. The van der Waals surface area contributed by atoms with Gasteiger partial charge in [-0.25, -0.2) is 4.79 Å². The molecule has 0 aliphatic carbocycles. The SMILES string of the molecule is COC(=O)C1(O)CCN(CCCOc2cccc(-c3cccc(COc4cc(OCc5cncc(C#N)c5)c(CNC(C)(CO)C(=O)O)cc4Cl)c3C)c2C)C1. The van der Waals surface area contributed by atoms with Crippen LogP contribution in [0.2, 0.25) is 5.02 Å². The Morgan fingerprint density at radius 1 is 1.00 bits per heavy atom. The second kappa shape index (κ2) is 18.6. The number of carbonyl (C=O) groups excluding carboxylic acids is 1. The highest BCUT2D eigenvalue weighted by Crippen LogP contribution is 2.36. The van der Waals surface area contributed by atoms with Crippen LogP contribution < -0.4 is 19.5 Å². The number of aromatic nitrogens is 1. The van der Waals surface area contributed by atoms with Crippen molar-refractivity contribution in [2.24, 2.45) is 0 Å². The van der Waals surface area contributed by atoms with Gasteiger partial charge < -0.3 is 34.3 Å². The van der Waals surface area contributed by atoms with E-state index in [9.17, 15) is 30.2 Å². The number of hydrogen-bond donors (Lipinski definition) is 4. The number of carboxylic acids is 1. The number of carbonyl (C=O) groups is 2. The number of nitriles is 1. The average molecular weight is 787 g/mol. The molecule has 1 aliphatic heterocycles. The number of β-amino-alcohol motifs (C(OH)–C–C–N with tert-alkyl or cyclic N) is 1. The molecule has 1 saturated heterocycles. The number of benzene rings is 3. The molecule has 2 unspecified atom stereocenters. The fourth-order valence-electron chi connectivity index (χ4n) is 6.48. The van der Waals surface area contributed by atoms with Crippen LogP contribution in [0.25, 0.3) is 11.1 Å². The van der Waals surface area contributed by atoms with Gasteiger partial charge in [-0.05, 0) is 73.2 Å². The molecule has 1 fully saturated rings. The molecule has 4 N–H and O–H groups in total. The van der Waals surface area contributed by atoms with Gasteiger partial charge in [-0.3, -0.25) is 20.0 Å². The van der Waals surface area contributed by atoms with Crippen LogP contribution in [0.15, 0.2) is 67.0 Å². The molecular formula is C42H47ClN4O9. The Morgan fingerprint density at radius 2 is 1.73 bits per heavy atom. The zero-order chi connectivity index (χ0) is 40.5. The van der Waals surface area contributed by atoms with Crippen LogP contribution in [-0.2, 0) is 34.1 Å². The van der Waals surface area contributed by atoms with Gasteiger partial charge in [0.15, 0.2) is 5.60 Å². The standard InChI is InChI=1S/C42H47ClN4O9/c1-27-31(8-5-9-33(27)34-10-6-11-36(28(34)2)54-15-7-13-47-14-12-42(52,25-47)40(51)53-4)24-56-38-18-37(55-23-30-16-29(19-44)20-45-21-30)32(17-35(38)43)22-46-41(3,26-48)39(49)50/h5-6,8-11,16-18,20-21,46,48,52H,7,12-15,22-26H2,1-4H3,(H,49,50). The lowest BCUT2D eigenvalue weighted by molar-refractivity contribution is -0.160. The van der Waals surface area contributed by atoms with Crippen molar-refractivity contribution in [3.63, 3.8) is 0 Å². The molecule has 0 saturated carbocycles. The largest absolute Gasteiger partial charge is 0.493 e. The minimum absolute atomic E-state index is 0.0122. The molecule has 2 heterocycles. The summed E-state index contributed by atoms with van der Waals surface area (Å²) in [5.41, 5.74) is 3.46. The molecule has 0 amide bonds. The third kappa shape index (κ3) is 9.95. The molecule has 296 valence electrons. The topological polar surface area (TPSA) is 184 Å². The van der Waals surface area contributed by atoms with Gasteiger partial charge in [0.25, 0.3) is 0 Å². The van der Waals surface area contributed by atoms with E-state index in [2.05, 4.69) is 22.4 Å². The van der Waals surface area contributed by atoms with E-state index in [-0.39, 0.29) is 31.3 Å². The van der Waals surface area contributed by atoms with Crippen molar-refractivity contribution in [2.75, 3.05) is 40.0 Å². The number of aliphatic hydroxyl groups is 2. The Labute approximate surface area is 331 Å². The van der Waals surface area contributed by atoms with Crippen molar-refractivity contribution in [2.45, 2.75) is 64.5 Å². The van der Waals surface area contributed by atoms with Gasteiger partial charge in [0, 0.05) is 62.2 Å². The van der Waals surface area contributed by atoms with E-state index in [0.29, 0.717) is 54.3 Å². The second-order valence-corrected chi connectivity index (χ2v) is 14.5. The molecule has 13 nitrogen and oxygen atoms in total. The molecule has 4 aromatic rings. The highest BCUT2D eigenvalue weighted by Gasteiger charge is 2.43. The number of methoxy groups -OCH3 is 1. The normalized spacial score (nSPS) is 16.5. The molecule has 0 bridgehead atoms. The number of aliphatic hydroxyl groups excluding tert-OH is 1. The van der Waals surface area contributed by atoms with Crippen LogP contribution in [-0.4, -0.2) is 88.2 Å². The zero-order valence-corrected chi connectivity index (χ0v) is 32.7. The van der Waals surface area contributed by atoms with Gasteiger partial charge in [0.2, 0.25) is 0 Å². The Kier molecular flexibility index (Phi) is 13.9. The summed E-state index contributed by atoms with van der Waals surface area (Å²) in [7, 11) is 1.28. The van der Waals surface area contributed by atoms with Crippen molar-refractivity contribution in [1.82, 2.24) is 15.2 Å². The Balaban J connectivity index is 1.29. The van der Waals surface area contributed by atoms with Crippen LogP contribution in [0.1, 0.15) is 53.1 Å². The second-order valence-electron chi connectivity index (χ2n) is 14.1. The summed E-state index contributed by atoms with van der Waals surface area (Å²) in [5, 5.41) is 42.4. The highest BCUT2D eigenvalue weighted by molar-refractivity contribution is 6.32. The van der Waals surface area contributed by atoms with Crippen LogP contribution in [0.3, 0.4) is 0 Å². The van der Waals surface area contributed by atoms with E-state index in [1.54, 1.807) is 24.4 Å². The summed E-state index contributed by atoms with van der Waals surface area (Å²) >= 11 is 6.73. The van der Waals surface area contributed by atoms with Gasteiger partial charge in [0.1, 0.15) is 42.1 Å². The van der Waals surface area contributed by atoms with E-state index in [4.69, 9.17) is 30.5 Å². The number of carboxylic acid groups (broad SMARTS) is 1. The van der Waals surface area contributed by atoms with Gasteiger partial charge in [-0.1, -0.05) is 41.9 Å². The lowest BCUT2D eigenvalue weighted by Gasteiger charge is -2.25. The van der Waals surface area contributed by atoms with Crippen LogP contribution in [0.5, 0.6) is 17.2 Å². The fourth-order valence-corrected chi connectivity index (χ4v) is 6.72. The van der Waals surface area contributed by atoms with Gasteiger partial charge in [0.05, 0.1) is 30.9 Å². The maximum atomic E-state index is 11.9. The van der Waals surface area contributed by atoms with Gasteiger partial charge >= 0.3 is 11.9 Å². The van der Waals surface area contributed by atoms with E-state index in [0.717, 1.165) is 40.0 Å². The quantitative estimate of drug-likeness (QED) is 0.0749. The fraction of sp³-hybridized carbons (Fsp3) is 0.381. The Hall–Kier alpha value is -5.23. The third-order valence-corrected chi connectivity index (χ3v) is 10.4. The summed E-state index contributed by atoms with van der Waals surface area (Å²) in [6.45, 7) is 7.05. The van der Waals surface area contributed by atoms with E-state index in [1.165, 1.54) is 20.2 Å². The maximum Gasteiger partial charge on any atom is 0.339 e. The monoisotopic (exact) mass is 786 g/mol. The summed E-state index contributed by atoms with van der Waals surface area (Å²) < 4.78 is 23.4. The predicted octanol–water partition coefficient (Wildman–Crippen LogP) is 5.35. The summed E-state index contributed by atoms with van der Waals surface area (Å²) in [6.07, 6.45) is 4.10.